The third-order valence-corrected chi connectivity index (χ3v) is 7.50. The molecule has 0 saturated carbocycles. The van der Waals surface area contributed by atoms with Crippen molar-refractivity contribution >= 4 is 15.9 Å². The molecule has 0 radical (unpaired) electrons. The molecule has 0 aromatic heterocycles. The Kier molecular flexibility index (Phi) is 5.97. The molecule has 0 N–H and O–H groups in total. The van der Waals surface area contributed by atoms with Gasteiger partial charge in [-0.15, -0.1) is 0 Å². The average molecular weight is 431 g/mol. The van der Waals surface area contributed by atoms with Crippen LogP contribution in [0.25, 0.3) is 0 Å². The van der Waals surface area contributed by atoms with Crippen LogP contribution in [0.3, 0.4) is 0 Å². The summed E-state index contributed by atoms with van der Waals surface area (Å²) in [6, 6.07) is 14.4. The van der Waals surface area contributed by atoms with Crippen LogP contribution in [-0.2, 0) is 14.8 Å². The van der Waals surface area contributed by atoms with Gasteiger partial charge in [-0.25, -0.2) is 8.42 Å². The van der Waals surface area contributed by atoms with E-state index < -0.39 is 10.0 Å². The number of piperazine rings is 1. The lowest BCUT2D eigenvalue weighted by molar-refractivity contribution is -0.134. The lowest BCUT2D eigenvalue weighted by Crippen LogP contribution is -2.51. The van der Waals surface area contributed by atoms with Gasteiger partial charge in [0, 0.05) is 32.2 Å². The van der Waals surface area contributed by atoms with E-state index in [9.17, 15) is 13.2 Å². The van der Waals surface area contributed by atoms with E-state index in [1.54, 1.807) is 17.0 Å². The number of carbonyl (C=O) groups excluding carboxylic acids is 1. The van der Waals surface area contributed by atoms with Crippen molar-refractivity contribution in [2.45, 2.75) is 24.2 Å². The molecule has 0 aliphatic carbocycles. The number of fused-ring (bicyclic) bond motifs is 1. The summed E-state index contributed by atoms with van der Waals surface area (Å²) in [5, 5.41) is 0. The number of rotatable bonds is 5. The Morgan fingerprint density at radius 3 is 2.30 bits per heavy atom. The molecule has 0 spiro atoms. The third kappa shape index (κ3) is 4.02. The van der Waals surface area contributed by atoms with Crippen LogP contribution in [0.1, 0.15) is 24.8 Å². The van der Waals surface area contributed by atoms with Gasteiger partial charge in [-0.2, -0.15) is 4.31 Å². The molecule has 160 valence electrons. The molecule has 1 amide bonds. The maximum Gasteiger partial charge on any atom is 0.243 e. The minimum Gasteiger partial charge on any atom is -0.486 e. The van der Waals surface area contributed by atoms with Crippen molar-refractivity contribution in [2.24, 2.45) is 0 Å². The van der Waals surface area contributed by atoms with Crippen molar-refractivity contribution in [1.29, 1.82) is 0 Å². The summed E-state index contributed by atoms with van der Waals surface area (Å²) in [4.78, 5) is 15.0. The highest BCUT2D eigenvalue weighted by atomic mass is 32.2. The van der Waals surface area contributed by atoms with Gasteiger partial charge >= 0.3 is 0 Å². The first-order valence-corrected chi connectivity index (χ1v) is 11.7. The van der Waals surface area contributed by atoms with Crippen LogP contribution in [-0.4, -0.2) is 62.9 Å². The topological polar surface area (TPSA) is 76.2 Å². The Hall–Kier alpha value is -2.58. The number of hydrogen-bond acceptors (Lipinski definition) is 5. The fourth-order valence-electron chi connectivity index (χ4n) is 3.94. The van der Waals surface area contributed by atoms with Gasteiger partial charge in [0.05, 0.1) is 10.8 Å². The van der Waals surface area contributed by atoms with Crippen LogP contribution < -0.4 is 9.47 Å². The summed E-state index contributed by atoms with van der Waals surface area (Å²) < 4.78 is 38.6. The van der Waals surface area contributed by atoms with Crippen LogP contribution >= 0.6 is 0 Å². The Bertz CT molecular complexity index is 1000. The molecule has 0 unspecified atom stereocenters. The van der Waals surface area contributed by atoms with E-state index in [0.29, 0.717) is 44.2 Å². The van der Waals surface area contributed by atoms with Gasteiger partial charge in [-0.3, -0.25) is 4.79 Å². The molecule has 8 heteroatoms. The van der Waals surface area contributed by atoms with E-state index in [0.717, 1.165) is 5.56 Å². The van der Waals surface area contributed by atoms with Crippen LogP contribution in [0.4, 0.5) is 0 Å². The molecule has 2 aromatic carbocycles. The second-order valence-corrected chi connectivity index (χ2v) is 9.34. The van der Waals surface area contributed by atoms with Gasteiger partial charge in [0.15, 0.2) is 11.5 Å². The van der Waals surface area contributed by atoms with E-state index in [2.05, 4.69) is 0 Å². The Morgan fingerprint density at radius 1 is 0.967 bits per heavy atom. The Labute approximate surface area is 177 Å². The molecule has 1 atom stereocenters. The number of hydrogen-bond donors (Lipinski definition) is 0. The van der Waals surface area contributed by atoms with Crippen molar-refractivity contribution in [3.8, 4) is 11.5 Å². The number of amides is 1. The predicted octanol–water partition coefficient (Wildman–Crippen LogP) is 2.48. The van der Waals surface area contributed by atoms with Crippen molar-refractivity contribution < 1.29 is 22.7 Å². The van der Waals surface area contributed by atoms with Gasteiger partial charge in [0.25, 0.3) is 0 Å². The molecule has 2 aromatic rings. The van der Waals surface area contributed by atoms with Crippen LogP contribution in [0.5, 0.6) is 11.5 Å². The normalized spacial score (nSPS) is 18.1. The molecule has 2 aliphatic heterocycles. The molecule has 1 saturated heterocycles. The Morgan fingerprint density at radius 2 is 1.63 bits per heavy atom. The van der Waals surface area contributed by atoms with Crippen molar-refractivity contribution in [1.82, 2.24) is 9.21 Å². The summed E-state index contributed by atoms with van der Waals surface area (Å²) in [6.45, 7) is 4.16. The first-order chi connectivity index (χ1) is 14.5. The molecule has 7 nitrogen and oxygen atoms in total. The van der Waals surface area contributed by atoms with Crippen molar-refractivity contribution in [3.05, 3.63) is 54.1 Å². The number of ether oxygens (including phenoxy) is 2. The van der Waals surface area contributed by atoms with Gasteiger partial charge in [-0.1, -0.05) is 37.3 Å². The van der Waals surface area contributed by atoms with E-state index in [-0.39, 0.29) is 29.8 Å². The zero-order chi connectivity index (χ0) is 21.1. The maximum atomic E-state index is 13.1. The standard InChI is InChI=1S/C22H26N2O5S/c1-2-19(17-6-4-3-5-7-17)22(25)23-10-12-24(13-11-23)30(26,27)18-8-9-20-21(16-18)29-15-14-28-20/h3-9,16,19H,2,10-15H2,1H3/t19-/m1/s1. The number of carbonyl (C=O) groups is 1. The number of nitrogens with zero attached hydrogens (tertiary/aromatic N) is 2. The van der Waals surface area contributed by atoms with Gasteiger partial charge < -0.3 is 14.4 Å². The Balaban J connectivity index is 1.44. The van der Waals surface area contributed by atoms with E-state index in [4.69, 9.17) is 9.47 Å². The second kappa shape index (κ2) is 8.65. The summed E-state index contributed by atoms with van der Waals surface area (Å²) in [7, 11) is -3.66. The monoisotopic (exact) mass is 430 g/mol. The summed E-state index contributed by atoms with van der Waals surface area (Å²) in [6.07, 6.45) is 0.707. The van der Waals surface area contributed by atoms with Crippen LogP contribution in [0, 0.1) is 0 Å². The SMILES string of the molecule is CC[C@@H](C(=O)N1CCN(S(=O)(=O)c2ccc3c(c2)OCCO3)CC1)c1ccccc1. The highest BCUT2D eigenvalue weighted by molar-refractivity contribution is 7.89. The molecule has 2 heterocycles. The average Bonchev–Trinajstić information content (AvgIpc) is 2.80. The minimum absolute atomic E-state index is 0.0556. The summed E-state index contributed by atoms with van der Waals surface area (Å²) in [5.41, 5.74) is 0.997. The van der Waals surface area contributed by atoms with Crippen LogP contribution in [0.15, 0.2) is 53.4 Å². The van der Waals surface area contributed by atoms with Crippen molar-refractivity contribution in [3.63, 3.8) is 0 Å². The molecular formula is C22H26N2O5S. The fourth-order valence-corrected chi connectivity index (χ4v) is 5.38. The lowest BCUT2D eigenvalue weighted by Gasteiger charge is -2.36. The zero-order valence-corrected chi connectivity index (χ0v) is 17.8. The van der Waals surface area contributed by atoms with Gasteiger partial charge in [0.1, 0.15) is 13.2 Å². The lowest BCUT2D eigenvalue weighted by atomic mass is 9.95. The number of benzene rings is 2. The highest BCUT2D eigenvalue weighted by Crippen LogP contribution is 2.33. The first kappa shape index (κ1) is 20.7. The summed E-state index contributed by atoms with van der Waals surface area (Å²) >= 11 is 0. The smallest absolute Gasteiger partial charge is 0.243 e. The second-order valence-electron chi connectivity index (χ2n) is 7.41. The molecular weight excluding hydrogens is 404 g/mol. The maximum absolute atomic E-state index is 13.1. The third-order valence-electron chi connectivity index (χ3n) is 5.61. The number of sulfonamides is 1. The van der Waals surface area contributed by atoms with Crippen molar-refractivity contribution in [2.75, 3.05) is 39.4 Å². The van der Waals surface area contributed by atoms with Crippen LogP contribution in [0.2, 0.25) is 0 Å². The molecule has 4 rings (SSSR count). The van der Waals surface area contributed by atoms with E-state index in [1.165, 1.54) is 10.4 Å². The molecule has 0 bridgehead atoms. The fraction of sp³-hybridized carbons (Fsp3) is 0.409. The van der Waals surface area contributed by atoms with Gasteiger partial charge in [0.2, 0.25) is 15.9 Å². The summed E-state index contributed by atoms with van der Waals surface area (Å²) in [5.74, 6) is 0.860. The van der Waals surface area contributed by atoms with Gasteiger partial charge in [-0.05, 0) is 24.1 Å². The van der Waals surface area contributed by atoms with E-state index >= 15 is 0 Å². The largest absolute Gasteiger partial charge is 0.486 e. The molecule has 2 aliphatic rings. The minimum atomic E-state index is -3.66. The van der Waals surface area contributed by atoms with E-state index in [1.807, 2.05) is 37.3 Å². The predicted molar refractivity (Wildman–Crippen MR) is 112 cm³/mol. The molecule has 1 fully saturated rings. The zero-order valence-electron chi connectivity index (χ0n) is 17.0. The molecule has 30 heavy (non-hydrogen) atoms. The quantitative estimate of drug-likeness (QED) is 0.729. The first-order valence-electron chi connectivity index (χ1n) is 10.2. The highest BCUT2D eigenvalue weighted by Gasteiger charge is 2.33.